The molecule has 2 heterocycles. The minimum absolute atomic E-state index is 0.113. The number of hydrogen-bond acceptors (Lipinski definition) is 8. The van der Waals surface area contributed by atoms with Gasteiger partial charge in [-0.1, -0.05) is 30.3 Å². The number of hydroxylamine groups is 1. The van der Waals surface area contributed by atoms with Crippen molar-refractivity contribution in [3.63, 3.8) is 0 Å². The number of nitrogens with zero attached hydrogens (tertiary/aromatic N) is 6. The van der Waals surface area contributed by atoms with E-state index in [2.05, 4.69) is 25.7 Å². The lowest BCUT2D eigenvalue weighted by atomic mass is 10.1. The molecule has 11 heteroatoms. The van der Waals surface area contributed by atoms with Crippen LogP contribution in [0.5, 0.6) is 0 Å². The van der Waals surface area contributed by atoms with Crippen LogP contribution in [0.25, 0.3) is 22.1 Å². The minimum atomic E-state index is -0.206. The second-order valence-electron chi connectivity index (χ2n) is 8.37. The molecule has 0 aliphatic carbocycles. The number of amides is 1. The molecule has 5 rings (SSSR count). The van der Waals surface area contributed by atoms with Crippen molar-refractivity contribution in [1.29, 1.82) is 0 Å². The van der Waals surface area contributed by atoms with Crippen LogP contribution in [0.15, 0.2) is 71.7 Å². The van der Waals surface area contributed by atoms with E-state index in [1.54, 1.807) is 30.3 Å². The Morgan fingerprint density at radius 3 is 2.44 bits per heavy atom. The Morgan fingerprint density at radius 2 is 1.64 bits per heavy atom. The first-order valence-electron chi connectivity index (χ1n) is 11.5. The predicted molar refractivity (Wildman–Crippen MR) is 137 cm³/mol. The van der Waals surface area contributed by atoms with Crippen molar-refractivity contribution >= 4 is 45.3 Å². The van der Waals surface area contributed by atoms with Gasteiger partial charge in [-0.25, -0.2) is 20.4 Å². The molecule has 1 aromatic heterocycles. The van der Waals surface area contributed by atoms with E-state index in [9.17, 15) is 15.2 Å². The number of nitrogens with one attached hydrogen (secondary N) is 2. The summed E-state index contributed by atoms with van der Waals surface area (Å²) < 4.78 is 0. The van der Waals surface area contributed by atoms with Crippen molar-refractivity contribution in [1.82, 2.24) is 25.6 Å². The molecule has 0 saturated carbocycles. The first-order valence-corrected chi connectivity index (χ1v) is 11.5. The molecule has 184 valence electrons. The molecule has 0 fully saturated rings. The number of anilines is 2. The molecule has 0 atom stereocenters. The number of likely N-dealkylation sites (N-methyl/N-ethyl adjacent to an activating group) is 1. The number of para-hydroxylation sites is 5. The maximum absolute atomic E-state index is 12.9. The van der Waals surface area contributed by atoms with Gasteiger partial charge in [0.25, 0.3) is 5.91 Å². The molecule has 0 radical (unpaired) electrons. The second kappa shape index (κ2) is 10.1. The van der Waals surface area contributed by atoms with Crippen LogP contribution in [-0.4, -0.2) is 70.4 Å². The maximum Gasteiger partial charge on any atom is 0.253 e. The first kappa shape index (κ1) is 23.4. The molecule has 1 aliphatic rings. The van der Waals surface area contributed by atoms with Crippen molar-refractivity contribution in [3.8, 4) is 0 Å². The summed E-state index contributed by atoms with van der Waals surface area (Å²) in [6.07, 6.45) is 0. The van der Waals surface area contributed by atoms with Crippen LogP contribution in [0.2, 0.25) is 0 Å². The van der Waals surface area contributed by atoms with Crippen molar-refractivity contribution in [2.45, 2.75) is 0 Å². The van der Waals surface area contributed by atoms with Crippen LogP contribution in [0.4, 0.5) is 11.4 Å². The Hall–Kier alpha value is -4.32. The number of rotatable bonds is 7. The smallest absolute Gasteiger partial charge is 0.253 e. The van der Waals surface area contributed by atoms with Gasteiger partial charge in [0.1, 0.15) is 16.9 Å². The summed E-state index contributed by atoms with van der Waals surface area (Å²) in [5, 5.41) is 25.1. The normalized spacial score (nSPS) is 14.4. The summed E-state index contributed by atoms with van der Waals surface area (Å²) in [6, 6.07) is 19.8. The molecule has 4 N–H and O–H groups in total. The summed E-state index contributed by atoms with van der Waals surface area (Å²) >= 11 is 0. The number of aromatic nitrogens is 2. The lowest BCUT2D eigenvalue weighted by Gasteiger charge is -2.32. The van der Waals surface area contributed by atoms with Crippen LogP contribution in [0, 0.1) is 0 Å². The number of carbonyl (C=O) groups is 1. The van der Waals surface area contributed by atoms with Crippen molar-refractivity contribution in [3.05, 3.63) is 72.3 Å². The quantitative estimate of drug-likeness (QED) is 0.291. The molecular weight excluding hydrogens is 460 g/mol. The summed E-state index contributed by atoms with van der Waals surface area (Å²) in [5.41, 5.74) is 6.73. The lowest BCUT2D eigenvalue weighted by Crippen LogP contribution is -2.52. The topological polar surface area (TPSA) is 129 Å². The van der Waals surface area contributed by atoms with E-state index in [0.717, 1.165) is 21.3 Å². The Labute approximate surface area is 207 Å². The third kappa shape index (κ3) is 4.75. The minimum Gasteiger partial charge on any atom is -0.351 e. The number of guanidine groups is 1. The average Bonchev–Trinajstić information content (AvgIpc) is 2.89. The van der Waals surface area contributed by atoms with E-state index in [4.69, 9.17) is 0 Å². The Morgan fingerprint density at radius 1 is 0.944 bits per heavy atom. The van der Waals surface area contributed by atoms with E-state index >= 15 is 0 Å². The SMILES string of the molecule is CN(CCN=C1NN(O)c2ccccc2N1O)CCNC(=O)c1cccc2nc3ccccc3nc12. The molecular formula is C25H26N8O3. The van der Waals surface area contributed by atoms with Crippen LogP contribution in [0.3, 0.4) is 0 Å². The highest BCUT2D eigenvalue weighted by Gasteiger charge is 2.25. The fourth-order valence-electron chi connectivity index (χ4n) is 3.96. The van der Waals surface area contributed by atoms with Gasteiger partial charge in [-0.15, -0.1) is 0 Å². The molecule has 11 nitrogen and oxygen atoms in total. The first-order chi connectivity index (χ1) is 17.5. The highest BCUT2D eigenvalue weighted by atomic mass is 16.6. The van der Waals surface area contributed by atoms with Crippen molar-refractivity contribution in [2.24, 2.45) is 4.99 Å². The third-order valence-corrected chi connectivity index (χ3v) is 5.88. The van der Waals surface area contributed by atoms with E-state index in [1.165, 1.54) is 0 Å². The number of hydrogen-bond donors (Lipinski definition) is 4. The highest BCUT2D eigenvalue weighted by molar-refractivity contribution is 6.06. The highest BCUT2D eigenvalue weighted by Crippen LogP contribution is 2.29. The van der Waals surface area contributed by atoms with Gasteiger partial charge >= 0.3 is 0 Å². The van der Waals surface area contributed by atoms with Crippen LogP contribution < -0.4 is 21.0 Å². The largest absolute Gasteiger partial charge is 0.351 e. The van der Waals surface area contributed by atoms with Gasteiger partial charge in [-0.2, -0.15) is 10.2 Å². The Kier molecular flexibility index (Phi) is 6.58. The zero-order valence-electron chi connectivity index (χ0n) is 19.7. The zero-order valence-corrected chi connectivity index (χ0v) is 19.7. The molecule has 1 aliphatic heterocycles. The van der Waals surface area contributed by atoms with E-state index in [1.807, 2.05) is 48.3 Å². The Bertz CT molecular complexity index is 1440. The van der Waals surface area contributed by atoms with Gasteiger partial charge in [0.2, 0.25) is 5.96 Å². The summed E-state index contributed by atoms with van der Waals surface area (Å²) in [6.45, 7) is 1.98. The summed E-state index contributed by atoms with van der Waals surface area (Å²) in [4.78, 5) is 28.5. The van der Waals surface area contributed by atoms with E-state index < -0.39 is 0 Å². The number of aliphatic imine (C=N–C) groups is 1. The lowest BCUT2D eigenvalue weighted by molar-refractivity contribution is 0.0951. The molecule has 0 spiro atoms. The summed E-state index contributed by atoms with van der Waals surface area (Å²) in [5.74, 6) is -0.0923. The van der Waals surface area contributed by atoms with E-state index in [0.29, 0.717) is 54.2 Å². The average molecular weight is 487 g/mol. The molecule has 0 unspecified atom stereocenters. The van der Waals surface area contributed by atoms with Crippen LogP contribution >= 0.6 is 0 Å². The summed E-state index contributed by atoms with van der Waals surface area (Å²) in [7, 11) is 1.92. The van der Waals surface area contributed by atoms with Gasteiger partial charge < -0.3 is 10.2 Å². The predicted octanol–water partition coefficient (Wildman–Crippen LogP) is 2.41. The molecule has 4 aromatic rings. The molecule has 1 amide bonds. The fourth-order valence-corrected chi connectivity index (χ4v) is 3.96. The molecule has 0 bridgehead atoms. The van der Waals surface area contributed by atoms with Gasteiger partial charge in [0.05, 0.1) is 28.7 Å². The van der Waals surface area contributed by atoms with Gasteiger partial charge in [-0.05, 0) is 43.4 Å². The van der Waals surface area contributed by atoms with Gasteiger partial charge in [-0.3, -0.25) is 15.2 Å². The van der Waals surface area contributed by atoms with Gasteiger partial charge in [0, 0.05) is 19.6 Å². The maximum atomic E-state index is 12.9. The van der Waals surface area contributed by atoms with Crippen LogP contribution in [-0.2, 0) is 0 Å². The number of fused-ring (bicyclic) bond motifs is 3. The van der Waals surface area contributed by atoms with Gasteiger partial charge in [0.15, 0.2) is 0 Å². The van der Waals surface area contributed by atoms with Crippen LogP contribution in [0.1, 0.15) is 10.4 Å². The number of hydrazine groups is 1. The van der Waals surface area contributed by atoms with E-state index in [-0.39, 0.29) is 11.9 Å². The third-order valence-electron chi connectivity index (χ3n) is 5.88. The Balaban J connectivity index is 1.15. The molecule has 36 heavy (non-hydrogen) atoms. The fraction of sp³-hybridized carbons (Fsp3) is 0.200. The monoisotopic (exact) mass is 486 g/mol. The zero-order chi connectivity index (χ0) is 25.1. The number of carbonyl (C=O) groups excluding carboxylic acids is 1. The second-order valence-corrected chi connectivity index (χ2v) is 8.37. The van der Waals surface area contributed by atoms with Crippen molar-refractivity contribution in [2.75, 3.05) is 43.5 Å². The molecule has 0 saturated heterocycles. The standard InChI is InChI=1S/C25H26N8O3/c1-31(16-14-27-25-30-33(36)22-12-5-4-11-21(22)32(25)35)15-13-26-24(34)17-7-6-10-20-23(17)29-19-9-3-2-8-18(19)28-20/h2-12,35-36H,13-16H2,1H3,(H,26,34)(H,27,30). The molecule has 3 aromatic carbocycles. The number of benzene rings is 3. The van der Waals surface area contributed by atoms with Crippen molar-refractivity contribution < 1.29 is 15.2 Å².